The maximum absolute atomic E-state index is 12.7. The van der Waals surface area contributed by atoms with Crippen molar-refractivity contribution in [2.45, 2.75) is 24.2 Å². The average molecular weight is 549 g/mol. The second-order valence-corrected chi connectivity index (χ2v) is 9.84. The maximum Gasteiger partial charge on any atom is 0.243 e. The molecule has 2 aromatic rings. The molecule has 1 aliphatic heterocycles. The Labute approximate surface area is 194 Å². The maximum atomic E-state index is 12.7. The summed E-state index contributed by atoms with van der Waals surface area (Å²) in [7, 11) is -1.60. The van der Waals surface area contributed by atoms with Crippen LogP contribution in [0.5, 0.6) is 0 Å². The molecule has 9 heteroatoms. The molecule has 2 N–H and O–H groups in total. The number of nitrogens with zero attached hydrogens (tertiary/aromatic N) is 2. The molecule has 1 aromatic heterocycles. The lowest BCUT2D eigenvalue weighted by Gasteiger charge is -2.31. The van der Waals surface area contributed by atoms with E-state index in [2.05, 4.69) is 33.1 Å². The van der Waals surface area contributed by atoms with Crippen molar-refractivity contribution in [2.24, 2.45) is 10.9 Å². The smallest absolute Gasteiger partial charge is 0.243 e. The molecule has 0 aliphatic carbocycles. The van der Waals surface area contributed by atoms with Gasteiger partial charge < -0.3 is 10.6 Å². The van der Waals surface area contributed by atoms with Crippen LogP contribution in [0.25, 0.3) is 0 Å². The Morgan fingerprint density at radius 2 is 1.86 bits per heavy atom. The van der Waals surface area contributed by atoms with E-state index in [1.54, 1.807) is 47.0 Å². The molecule has 1 saturated heterocycles. The van der Waals surface area contributed by atoms with Crippen LogP contribution in [0.1, 0.15) is 17.7 Å². The minimum absolute atomic E-state index is 0. The molecule has 0 radical (unpaired) electrons. The zero-order valence-electron chi connectivity index (χ0n) is 16.6. The first-order valence-corrected chi connectivity index (χ1v) is 11.9. The van der Waals surface area contributed by atoms with Crippen LogP contribution >= 0.6 is 35.3 Å². The first-order chi connectivity index (χ1) is 13.6. The molecule has 160 valence electrons. The first kappa shape index (κ1) is 24.1. The number of piperidine rings is 1. The topological polar surface area (TPSA) is 73.8 Å². The largest absolute Gasteiger partial charge is 0.356 e. The van der Waals surface area contributed by atoms with E-state index in [9.17, 15) is 8.42 Å². The van der Waals surface area contributed by atoms with Gasteiger partial charge in [-0.1, -0.05) is 24.3 Å². The summed E-state index contributed by atoms with van der Waals surface area (Å²) >= 11 is 1.76. The number of hydrogen-bond donors (Lipinski definition) is 2. The molecule has 0 amide bonds. The lowest BCUT2D eigenvalue weighted by atomic mass is 9.98. The van der Waals surface area contributed by atoms with Gasteiger partial charge in [0.1, 0.15) is 0 Å². The number of benzene rings is 1. The van der Waals surface area contributed by atoms with Crippen molar-refractivity contribution in [1.82, 2.24) is 14.9 Å². The third kappa shape index (κ3) is 6.94. The van der Waals surface area contributed by atoms with Crippen molar-refractivity contribution in [2.75, 3.05) is 33.2 Å². The van der Waals surface area contributed by atoms with Crippen molar-refractivity contribution >= 4 is 51.3 Å². The fourth-order valence-corrected chi connectivity index (χ4v) is 5.52. The van der Waals surface area contributed by atoms with Crippen LogP contribution in [0.2, 0.25) is 0 Å². The molecule has 1 aliphatic rings. The molecular formula is C20H29IN4O2S2. The van der Waals surface area contributed by atoms with Gasteiger partial charge in [0.15, 0.2) is 5.96 Å². The Kier molecular flexibility index (Phi) is 9.87. The van der Waals surface area contributed by atoms with E-state index < -0.39 is 10.0 Å². The summed E-state index contributed by atoms with van der Waals surface area (Å²) in [6, 6.07) is 12.9. The highest BCUT2D eigenvalue weighted by Gasteiger charge is 2.29. The number of hydrogen-bond acceptors (Lipinski definition) is 4. The van der Waals surface area contributed by atoms with Gasteiger partial charge >= 0.3 is 0 Å². The normalized spacial score (nSPS) is 16.2. The summed E-state index contributed by atoms with van der Waals surface area (Å²) in [6.45, 7) is 2.77. The van der Waals surface area contributed by atoms with Gasteiger partial charge in [-0.25, -0.2) is 8.42 Å². The van der Waals surface area contributed by atoms with Crippen molar-refractivity contribution in [1.29, 1.82) is 0 Å². The Hall–Kier alpha value is -1.17. The zero-order valence-corrected chi connectivity index (χ0v) is 20.5. The van der Waals surface area contributed by atoms with Gasteiger partial charge in [0.05, 0.1) is 4.90 Å². The Balaban J connectivity index is 0.00000300. The minimum Gasteiger partial charge on any atom is -0.356 e. The van der Waals surface area contributed by atoms with Crippen molar-refractivity contribution in [3.63, 3.8) is 0 Å². The molecule has 0 atom stereocenters. The van der Waals surface area contributed by atoms with E-state index in [1.165, 1.54) is 4.88 Å². The zero-order chi connectivity index (χ0) is 19.8. The highest BCUT2D eigenvalue weighted by molar-refractivity contribution is 14.0. The van der Waals surface area contributed by atoms with Crippen LogP contribution in [-0.2, 0) is 16.4 Å². The van der Waals surface area contributed by atoms with Gasteiger partial charge in [0, 0.05) is 38.1 Å². The van der Waals surface area contributed by atoms with Crippen LogP contribution < -0.4 is 10.6 Å². The number of halogens is 1. The summed E-state index contributed by atoms with van der Waals surface area (Å²) in [5.74, 6) is 1.24. The lowest BCUT2D eigenvalue weighted by molar-refractivity contribution is 0.273. The number of thiophene rings is 1. The standard InChI is InChI=1S/C20H28N4O2S2.HI/c1-21-20(22-12-9-18-6-5-15-27-18)23-16-17-10-13-24(14-11-17)28(25,26)19-7-3-2-4-8-19;/h2-8,15,17H,9-14,16H2,1H3,(H2,21,22,23);1H. The summed E-state index contributed by atoms with van der Waals surface area (Å²) < 4.78 is 27.0. The van der Waals surface area contributed by atoms with E-state index in [0.29, 0.717) is 23.9 Å². The molecule has 0 spiro atoms. The van der Waals surface area contributed by atoms with Crippen LogP contribution in [0.4, 0.5) is 0 Å². The molecule has 6 nitrogen and oxygen atoms in total. The molecular weight excluding hydrogens is 519 g/mol. The van der Waals surface area contributed by atoms with E-state index in [0.717, 1.165) is 38.3 Å². The average Bonchev–Trinajstić information content (AvgIpc) is 3.25. The Bertz CT molecular complexity index is 850. The fourth-order valence-electron chi connectivity index (χ4n) is 3.32. The minimum atomic E-state index is -3.38. The second-order valence-electron chi connectivity index (χ2n) is 6.87. The van der Waals surface area contributed by atoms with Gasteiger partial charge in [0.2, 0.25) is 10.0 Å². The molecule has 2 heterocycles. The van der Waals surface area contributed by atoms with Crippen LogP contribution in [0, 0.1) is 5.92 Å². The summed E-state index contributed by atoms with van der Waals surface area (Å²) in [4.78, 5) is 6.01. The molecule has 29 heavy (non-hydrogen) atoms. The molecule has 0 saturated carbocycles. The Morgan fingerprint density at radius 3 is 2.48 bits per heavy atom. The van der Waals surface area contributed by atoms with Gasteiger partial charge in [-0.3, -0.25) is 4.99 Å². The molecule has 0 unspecified atom stereocenters. The van der Waals surface area contributed by atoms with E-state index in [1.807, 2.05) is 6.07 Å². The predicted octanol–water partition coefficient (Wildman–Crippen LogP) is 3.17. The number of guanidine groups is 1. The molecule has 1 aromatic carbocycles. The van der Waals surface area contributed by atoms with Gasteiger partial charge in [0.25, 0.3) is 0 Å². The van der Waals surface area contributed by atoms with Crippen molar-refractivity contribution < 1.29 is 8.42 Å². The Morgan fingerprint density at radius 1 is 1.14 bits per heavy atom. The quantitative estimate of drug-likeness (QED) is 0.317. The van der Waals surface area contributed by atoms with Crippen LogP contribution in [0.3, 0.4) is 0 Å². The third-order valence-corrected chi connectivity index (χ3v) is 7.83. The van der Waals surface area contributed by atoms with E-state index in [-0.39, 0.29) is 24.0 Å². The summed E-state index contributed by atoms with van der Waals surface area (Å²) in [6.07, 6.45) is 2.69. The van der Waals surface area contributed by atoms with E-state index in [4.69, 9.17) is 0 Å². The highest BCUT2D eigenvalue weighted by Crippen LogP contribution is 2.23. The lowest BCUT2D eigenvalue weighted by Crippen LogP contribution is -2.44. The molecule has 3 rings (SSSR count). The van der Waals surface area contributed by atoms with E-state index >= 15 is 0 Å². The van der Waals surface area contributed by atoms with Crippen molar-refractivity contribution in [3.05, 3.63) is 52.7 Å². The first-order valence-electron chi connectivity index (χ1n) is 9.61. The van der Waals surface area contributed by atoms with Gasteiger partial charge in [-0.15, -0.1) is 35.3 Å². The number of rotatable bonds is 7. The second kappa shape index (κ2) is 11.9. The van der Waals surface area contributed by atoms with Gasteiger partial charge in [-0.05, 0) is 48.8 Å². The number of aliphatic imine (C=N–C) groups is 1. The molecule has 0 bridgehead atoms. The van der Waals surface area contributed by atoms with Crippen LogP contribution in [0.15, 0.2) is 57.7 Å². The van der Waals surface area contributed by atoms with Crippen molar-refractivity contribution in [3.8, 4) is 0 Å². The number of sulfonamides is 1. The van der Waals surface area contributed by atoms with Gasteiger partial charge in [-0.2, -0.15) is 4.31 Å². The highest BCUT2D eigenvalue weighted by atomic mass is 127. The number of nitrogens with one attached hydrogen (secondary N) is 2. The molecule has 1 fully saturated rings. The third-order valence-electron chi connectivity index (χ3n) is 4.98. The summed E-state index contributed by atoms with van der Waals surface area (Å²) in [5.41, 5.74) is 0. The monoisotopic (exact) mass is 548 g/mol. The van der Waals surface area contributed by atoms with Crippen LogP contribution in [-0.4, -0.2) is 51.9 Å². The predicted molar refractivity (Wildman–Crippen MR) is 131 cm³/mol. The SMILES string of the molecule is CN=C(NCCc1cccs1)NCC1CCN(S(=O)(=O)c2ccccc2)CC1.I. The summed E-state index contributed by atoms with van der Waals surface area (Å²) in [5, 5.41) is 8.81. The fraction of sp³-hybridized carbons (Fsp3) is 0.450.